The van der Waals surface area contributed by atoms with Gasteiger partial charge in [-0.1, -0.05) is 72.8 Å². The Morgan fingerprint density at radius 1 is 0.903 bits per heavy atom. The predicted molar refractivity (Wildman–Crippen MR) is 117 cm³/mol. The normalized spacial score (nSPS) is 15.2. The molecule has 1 saturated heterocycles. The van der Waals surface area contributed by atoms with Crippen molar-refractivity contribution in [3.05, 3.63) is 102 Å². The Hall–Kier alpha value is -4.26. The van der Waals surface area contributed by atoms with Crippen LogP contribution in [0.15, 0.2) is 90.0 Å². The number of benzene rings is 3. The van der Waals surface area contributed by atoms with E-state index in [4.69, 9.17) is 0 Å². The van der Waals surface area contributed by atoms with E-state index < -0.39 is 17.5 Å². The molecule has 7 nitrogen and oxygen atoms in total. The highest BCUT2D eigenvalue weighted by Crippen LogP contribution is 2.36. The highest BCUT2D eigenvalue weighted by Gasteiger charge is 2.54. The molecule has 0 unspecified atom stereocenters. The number of rotatable bonds is 5. The van der Waals surface area contributed by atoms with Gasteiger partial charge in [0.2, 0.25) is 5.91 Å². The van der Waals surface area contributed by atoms with Crippen LogP contribution >= 0.6 is 0 Å². The SMILES string of the molecule is CC(=O)Nc1ccc(/C=N\N2C(=O)NC(c3ccccc3)(c3ccccc3)C2=O)cc1. The summed E-state index contributed by atoms with van der Waals surface area (Å²) in [5.74, 6) is -0.653. The van der Waals surface area contributed by atoms with E-state index in [1.54, 1.807) is 48.5 Å². The summed E-state index contributed by atoms with van der Waals surface area (Å²) < 4.78 is 0. The first-order valence-corrected chi connectivity index (χ1v) is 9.70. The quantitative estimate of drug-likeness (QED) is 0.497. The molecule has 0 spiro atoms. The molecule has 0 radical (unpaired) electrons. The van der Waals surface area contributed by atoms with Crippen molar-refractivity contribution in [1.29, 1.82) is 0 Å². The number of anilines is 1. The van der Waals surface area contributed by atoms with Crippen LogP contribution in [-0.4, -0.2) is 29.1 Å². The first kappa shape index (κ1) is 20.0. The molecule has 154 valence electrons. The van der Waals surface area contributed by atoms with Gasteiger partial charge in [0.05, 0.1) is 6.21 Å². The Morgan fingerprint density at radius 2 is 1.45 bits per heavy atom. The minimum atomic E-state index is -1.35. The van der Waals surface area contributed by atoms with Crippen molar-refractivity contribution in [3.8, 4) is 0 Å². The summed E-state index contributed by atoms with van der Waals surface area (Å²) in [5, 5.41) is 10.5. The fraction of sp³-hybridized carbons (Fsp3) is 0.0833. The second kappa shape index (κ2) is 8.23. The highest BCUT2D eigenvalue weighted by atomic mass is 16.2. The third-order valence-corrected chi connectivity index (χ3v) is 4.97. The predicted octanol–water partition coefficient (Wildman–Crippen LogP) is 3.47. The van der Waals surface area contributed by atoms with Crippen LogP contribution < -0.4 is 10.6 Å². The lowest BCUT2D eigenvalue weighted by Gasteiger charge is -2.27. The summed E-state index contributed by atoms with van der Waals surface area (Å²) in [6.07, 6.45) is 1.43. The molecule has 1 aliphatic heterocycles. The van der Waals surface area contributed by atoms with Gasteiger partial charge in [0, 0.05) is 12.6 Å². The summed E-state index contributed by atoms with van der Waals surface area (Å²) in [4.78, 5) is 37.4. The lowest BCUT2D eigenvalue weighted by Crippen LogP contribution is -2.44. The average Bonchev–Trinajstić information content (AvgIpc) is 3.05. The minimum absolute atomic E-state index is 0.168. The molecule has 31 heavy (non-hydrogen) atoms. The minimum Gasteiger partial charge on any atom is -0.326 e. The number of hydrogen-bond donors (Lipinski definition) is 2. The smallest absolute Gasteiger partial charge is 0.326 e. The van der Waals surface area contributed by atoms with Gasteiger partial charge in [-0.3, -0.25) is 9.59 Å². The van der Waals surface area contributed by atoms with Crippen molar-refractivity contribution < 1.29 is 14.4 Å². The molecular formula is C24H20N4O3. The van der Waals surface area contributed by atoms with Crippen molar-refractivity contribution in [2.75, 3.05) is 5.32 Å². The molecule has 7 heteroatoms. The van der Waals surface area contributed by atoms with Crippen LogP contribution in [-0.2, 0) is 15.1 Å². The summed E-state index contributed by atoms with van der Waals surface area (Å²) in [7, 11) is 0. The molecular weight excluding hydrogens is 392 g/mol. The third kappa shape index (κ3) is 3.81. The fourth-order valence-electron chi connectivity index (χ4n) is 3.54. The zero-order valence-electron chi connectivity index (χ0n) is 16.8. The van der Waals surface area contributed by atoms with Gasteiger partial charge in [-0.15, -0.1) is 5.01 Å². The van der Waals surface area contributed by atoms with Gasteiger partial charge in [0.25, 0.3) is 5.91 Å². The maximum atomic E-state index is 13.5. The molecule has 1 aliphatic rings. The molecule has 0 bridgehead atoms. The molecule has 4 amide bonds. The number of hydrogen-bond acceptors (Lipinski definition) is 4. The van der Waals surface area contributed by atoms with Crippen molar-refractivity contribution in [3.63, 3.8) is 0 Å². The zero-order valence-corrected chi connectivity index (χ0v) is 16.8. The zero-order chi connectivity index (χ0) is 21.8. The topological polar surface area (TPSA) is 90.9 Å². The molecule has 1 heterocycles. The van der Waals surface area contributed by atoms with Gasteiger partial charge in [-0.05, 0) is 28.8 Å². The molecule has 1 fully saturated rings. The lowest BCUT2D eigenvalue weighted by atomic mass is 9.83. The molecule has 3 aromatic rings. The maximum Gasteiger partial charge on any atom is 0.346 e. The van der Waals surface area contributed by atoms with Gasteiger partial charge >= 0.3 is 6.03 Å². The second-order valence-corrected chi connectivity index (χ2v) is 7.08. The van der Waals surface area contributed by atoms with Crippen LogP contribution in [0.1, 0.15) is 23.6 Å². The van der Waals surface area contributed by atoms with Gasteiger partial charge in [0.15, 0.2) is 5.54 Å². The van der Waals surface area contributed by atoms with E-state index in [2.05, 4.69) is 15.7 Å². The van der Waals surface area contributed by atoms with E-state index in [0.717, 1.165) is 5.01 Å². The van der Waals surface area contributed by atoms with Crippen LogP contribution in [0.3, 0.4) is 0 Å². The third-order valence-electron chi connectivity index (χ3n) is 4.97. The van der Waals surface area contributed by atoms with E-state index in [1.165, 1.54) is 13.1 Å². The number of imide groups is 1. The summed E-state index contributed by atoms with van der Waals surface area (Å²) >= 11 is 0. The van der Waals surface area contributed by atoms with E-state index in [-0.39, 0.29) is 5.91 Å². The van der Waals surface area contributed by atoms with Crippen molar-refractivity contribution in [2.24, 2.45) is 5.10 Å². The van der Waals surface area contributed by atoms with E-state index in [0.29, 0.717) is 22.4 Å². The van der Waals surface area contributed by atoms with Crippen molar-refractivity contribution in [1.82, 2.24) is 10.3 Å². The van der Waals surface area contributed by atoms with E-state index in [9.17, 15) is 14.4 Å². The summed E-state index contributed by atoms with van der Waals surface area (Å²) in [6, 6.07) is 24.5. The number of nitrogens with zero attached hydrogens (tertiary/aromatic N) is 2. The van der Waals surface area contributed by atoms with Crippen LogP contribution in [0.5, 0.6) is 0 Å². The van der Waals surface area contributed by atoms with Crippen LogP contribution in [0, 0.1) is 0 Å². The summed E-state index contributed by atoms with van der Waals surface area (Å²) in [6.45, 7) is 1.43. The van der Waals surface area contributed by atoms with Crippen LogP contribution in [0.2, 0.25) is 0 Å². The highest BCUT2D eigenvalue weighted by molar-refractivity contribution is 6.10. The van der Waals surface area contributed by atoms with Crippen LogP contribution in [0.25, 0.3) is 0 Å². The van der Waals surface area contributed by atoms with E-state index >= 15 is 0 Å². The van der Waals surface area contributed by atoms with E-state index in [1.807, 2.05) is 36.4 Å². The first-order valence-electron chi connectivity index (χ1n) is 9.70. The Morgan fingerprint density at radius 3 is 1.97 bits per heavy atom. The Bertz CT molecular complexity index is 1100. The van der Waals surface area contributed by atoms with Gasteiger partial charge in [-0.2, -0.15) is 5.10 Å². The molecule has 0 aliphatic carbocycles. The molecule has 4 rings (SSSR count). The fourth-order valence-corrected chi connectivity index (χ4v) is 3.54. The number of nitrogens with one attached hydrogen (secondary N) is 2. The van der Waals surface area contributed by atoms with Crippen molar-refractivity contribution in [2.45, 2.75) is 12.5 Å². The number of carbonyl (C=O) groups is 3. The maximum absolute atomic E-state index is 13.5. The number of amides is 4. The largest absolute Gasteiger partial charge is 0.346 e. The number of urea groups is 1. The number of carbonyl (C=O) groups excluding carboxylic acids is 3. The number of hydrazone groups is 1. The Labute approximate surface area is 179 Å². The molecule has 2 N–H and O–H groups in total. The first-order chi connectivity index (χ1) is 15.0. The van der Waals surface area contributed by atoms with Crippen molar-refractivity contribution >= 4 is 29.7 Å². The standard InChI is InChI=1S/C24H20N4O3/c1-17(29)26-21-14-12-18(13-15-21)16-25-28-22(30)24(27-23(28)31,19-8-4-2-5-9-19)20-10-6-3-7-11-20/h2-16H,1H3,(H,26,29)(H,27,31)/b25-16-. The molecule has 0 saturated carbocycles. The Kier molecular flexibility index (Phi) is 5.32. The van der Waals surface area contributed by atoms with Gasteiger partial charge in [-0.25, -0.2) is 4.79 Å². The molecule has 0 atom stereocenters. The molecule has 3 aromatic carbocycles. The molecule has 0 aromatic heterocycles. The summed E-state index contributed by atoms with van der Waals surface area (Å²) in [5.41, 5.74) is 1.26. The Balaban J connectivity index is 1.66. The van der Waals surface area contributed by atoms with Gasteiger partial charge < -0.3 is 10.6 Å². The van der Waals surface area contributed by atoms with Gasteiger partial charge in [0.1, 0.15) is 0 Å². The van der Waals surface area contributed by atoms with Crippen LogP contribution in [0.4, 0.5) is 10.5 Å². The monoisotopic (exact) mass is 412 g/mol. The lowest BCUT2D eigenvalue weighted by molar-refractivity contribution is -0.130. The second-order valence-electron chi connectivity index (χ2n) is 7.08. The average molecular weight is 412 g/mol.